The molecule has 172 valence electrons. The van der Waals surface area contributed by atoms with Crippen molar-refractivity contribution in [2.24, 2.45) is 0 Å². The van der Waals surface area contributed by atoms with Crippen molar-refractivity contribution in [3.63, 3.8) is 0 Å². The molecular formula is C26H23N3O5. The fourth-order valence-electron chi connectivity index (χ4n) is 3.62. The van der Waals surface area contributed by atoms with Crippen molar-refractivity contribution in [2.45, 2.75) is 26.9 Å². The van der Waals surface area contributed by atoms with Crippen LogP contribution < -0.4 is 15.0 Å². The van der Waals surface area contributed by atoms with Crippen LogP contribution in [0.2, 0.25) is 0 Å². The molecule has 34 heavy (non-hydrogen) atoms. The van der Waals surface area contributed by atoms with Gasteiger partial charge in [-0.1, -0.05) is 17.7 Å². The maximum Gasteiger partial charge on any atom is 0.282 e. The van der Waals surface area contributed by atoms with Crippen molar-refractivity contribution in [2.75, 3.05) is 10.2 Å². The molecule has 0 atom stereocenters. The Kier molecular flexibility index (Phi) is 6.14. The summed E-state index contributed by atoms with van der Waals surface area (Å²) in [6, 6.07) is 19.7. The summed E-state index contributed by atoms with van der Waals surface area (Å²) in [5.74, 6) is -0.338. The Morgan fingerprint density at radius 3 is 2.06 bits per heavy atom. The first-order valence-corrected chi connectivity index (χ1v) is 10.7. The number of nitrogens with one attached hydrogen (secondary N) is 1. The second-order valence-corrected chi connectivity index (χ2v) is 8.15. The summed E-state index contributed by atoms with van der Waals surface area (Å²) in [4.78, 5) is 38.5. The van der Waals surface area contributed by atoms with Crippen LogP contribution in [0.15, 0.2) is 78.5 Å². The molecule has 0 radical (unpaired) electrons. The van der Waals surface area contributed by atoms with Gasteiger partial charge in [-0.05, 0) is 74.9 Å². The monoisotopic (exact) mass is 457 g/mol. The molecule has 1 aliphatic heterocycles. The van der Waals surface area contributed by atoms with Gasteiger partial charge in [0.05, 0.1) is 22.3 Å². The second kappa shape index (κ2) is 9.19. The smallest absolute Gasteiger partial charge is 0.282 e. The van der Waals surface area contributed by atoms with Crippen molar-refractivity contribution in [3.05, 3.63) is 99.7 Å². The van der Waals surface area contributed by atoms with Crippen LogP contribution in [0, 0.1) is 17.0 Å². The Hall–Kier alpha value is -4.46. The predicted octanol–water partition coefficient (Wildman–Crippen LogP) is 5.09. The van der Waals surface area contributed by atoms with Gasteiger partial charge in [0.2, 0.25) is 0 Å². The number of ether oxygens (including phenoxy) is 1. The molecule has 0 saturated carbocycles. The lowest BCUT2D eigenvalue weighted by Gasteiger charge is -2.16. The number of aryl methyl sites for hydroxylation is 1. The summed E-state index contributed by atoms with van der Waals surface area (Å²) in [5.41, 5.74) is 2.57. The maximum atomic E-state index is 13.4. The highest BCUT2D eigenvalue weighted by Gasteiger charge is 2.40. The van der Waals surface area contributed by atoms with Crippen LogP contribution in [0.1, 0.15) is 25.0 Å². The fraction of sp³-hybridized carbons (Fsp3) is 0.154. The van der Waals surface area contributed by atoms with Gasteiger partial charge in [-0.3, -0.25) is 19.7 Å². The number of hydrogen-bond donors (Lipinski definition) is 1. The third kappa shape index (κ3) is 4.52. The Bertz CT molecular complexity index is 1280. The molecule has 0 fully saturated rings. The Labute approximate surface area is 196 Å². The molecule has 0 spiro atoms. The number of carbonyl (C=O) groups is 2. The van der Waals surface area contributed by atoms with Crippen molar-refractivity contribution >= 4 is 34.4 Å². The number of hydrogen-bond acceptors (Lipinski definition) is 6. The van der Waals surface area contributed by atoms with Crippen molar-refractivity contribution in [1.82, 2.24) is 0 Å². The number of rotatable bonds is 7. The van der Waals surface area contributed by atoms with E-state index in [0.717, 1.165) is 10.5 Å². The highest BCUT2D eigenvalue weighted by Crippen LogP contribution is 2.34. The van der Waals surface area contributed by atoms with Crippen LogP contribution in [0.25, 0.3) is 5.57 Å². The van der Waals surface area contributed by atoms with Crippen LogP contribution in [-0.2, 0) is 9.59 Å². The zero-order valence-electron chi connectivity index (χ0n) is 18.9. The average Bonchev–Trinajstić information content (AvgIpc) is 3.05. The van der Waals surface area contributed by atoms with Gasteiger partial charge in [-0.2, -0.15) is 0 Å². The van der Waals surface area contributed by atoms with Gasteiger partial charge in [-0.15, -0.1) is 0 Å². The molecule has 2 amide bonds. The minimum absolute atomic E-state index is 0.0207. The molecule has 4 rings (SSSR count). The summed E-state index contributed by atoms with van der Waals surface area (Å²) >= 11 is 0. The standard InChI is InChI=1S/C26H23N3O5/c1-16(2)34-22-14-8-19(9-15-22)27-24-23(18-6-12-21(13-7-18)29(32)33)25(30)28(26(24)31)20-10-4-17(3)5-11-20/h4-16,27H,1-3H3. The van der Waals surface area contributed by atoms with Crippen molar-refractivity contribution < 1.29 is 19.2 Å². The third-order valence-corrected chi connectivity index (χ3v) is 5.24. The van der Waals surface area contributed by atoms with Crippen molar-refractivity contribution in [1.29, 1.82) is 0 Å². The molecule has 8 heteroatoms. The van der Waals surface area contributed by atoms with E-state index in [-0.39, 0.29) is 23.1 Å². The molecule has 3 aromatic rings. The summed E-state index contributed by atoms with van der Waals surface area (Å²) < 4.78 is 5.66. The molecule has 0 unspecified atom stereocenters. The normalized spacial score (nSPS) is 13.6. The Morgan fingerprint density at radius 1 is 0.882 bits per heavy atom. The average molecular weight is 457 g/mol. The molecule has 0 aliphatic carbocycles. The number of nitro groups is 1. The number of nitro benzene ring substituents is 1. The number of nitrogens with zero attached hydrogens (tertiary/aromatic N) is 2. The van der Waals surface area contributed by atoms with Gasteiger partial charge >= 0.3 is 0 Å². The number of anilines is 2. The van der Waals surface area contributed by atoms with E-state index in [1.807, 2.05) is 32.9 Å². The minimum atomic E-state index is -0.516. The summed E-state index contributed by atoms with van der Waals surface area (Å²) in [6.07, 6.45) is 0.0207. The molecular weight excluding hydrogens is 434 g/mol. The second-order valence-electron chi connectivity index (χ2n) is 8.15. The van der Waals surface area contributed by atoms with E-state index in [9.17, 15) is 19.7 Å². The molecule has 1 aliphatic rings. The molecule has 8 nitrogen and oxygen atoms in total. The van der Waals surface area contributed by atoms with Gasteiger partial charge in [0.1, 0.15) is 11.4 Å². The Balaban J connectivity index is 1.74. The van der Waals surface area contributed by atoms with E-state index in [0.29, 0.717) is 22.7 Å². The van der Waals surface area contributed by atoms with Gasteiger partial charge in [0, 0.05) is 17.8 Å². The quantitative estimate of drug-likeness (QED) is 0.301. The molecule has 3 aromatic carbocycles. The third-order valence-electron chi connectivity index (χ3n) is 5.24. The van der Waals surface area contributed by atoms with Gasteiger partial charge in [-0.25, -0.2) is 4.90 Å². The number of amides is 2. The van der Waals surface area contributed by atoms with Crippen LogP contribution in [-0.4, -0.2) is 22.8 Å². The SMILES string of the molecule is Cc1ccc(N2C(=O)C(Nc3ccc(OC(C)C)cc3)=C(c3ccc([N+](=O)[O-])cc3)C2=O)cc1. The number of imide groups is 1. The Morgan fingerprint density at radius 2 is 1.50 bits per heavy atom. The van der Waals surface area contributed by atoms with E-state index in [1.54, 1.807) is 36.4 Å². The lowest BCUT2D eigenvalue weighted by molar-refractivity contribution is -0.384. The largest absolute Gasteiger partial charge is 0.491 e. The van der Waals surface area contributed by atoms with E-state index >= 15 is 0 Å². The first-order valence-electron chi connectivity index (χ1n) is 10.7. The molecule has 0 aromatic heterocycles. The van der Waals surface area contributed by atoms with E-state index in [2.05, 4.69) is 5.32 Å². The van der Waals surface area contributed by atoms with Crippen LogP contribution >= 0.6 is 0 Å². The highest BCUT2D eigenvalue weighted by atomic mass is 16.6. The molecule has 1 heterocycles. The van der Waals surface area contributed by atoms with Gasteiger partial charge < -0.3 is 10.1 Å². The summed E-state index contributed by atoms with van der Waals surface area (Å²) in [5, 5.41) is 14.1. The lowest BCUT2D eigenvalue weighted by Crippen LogP contribution is -2.32. The topological polar surface area (TPSA) is 102 Å². The maximum absolute atomic E-state index is 13.4. The number of benzene rings is 3. The van der Waals surface area contributed by atoms with Crippen LogP contribution in [0.3, 0.4) is 0 Å². The summed E-state index contributed by atoms with van der Waals surface area (Å²) in [6.45, 7) is 5.77. The first kappa shape index (κ1) is 22.7. The zero-order valence-corrected chi connectivity index (χ0v) is 18.9. The summed E-state index contributed by atoms with van der Waals surface area (Å²) in [7, 11) is 0. The van der Waals surface area contributed by atoms with Gasteiger partial charge in [0.15, 0.2) is 0 Å². The molecule has 1 N–H and O–H groups in total. The van der Waals surface area contributed by atoms with Crippen LogP contribution in [0.5, 0.6) is 5.75 Å². The number of non-ortho nitro benzene ring substituents is 1. The van der Waals surface area contributed by atoms with E-state index < -0.39 is 16.7 Å². The van der Waals surface area contributed by atoms with Gasteiger partial charge in [0.25, 0.3) is 17.5 Å². The molecule has 0 bridgehead atoms. The minimum Gasteiger partial charge on any atom is -0.491 e. The van der Waals surface area contributed by atoms with E-state index in [4.69, 9.17) is 4.74 Å². The lowest BCUT2D eigenvalue weighted by atomic mass is 10.0. The van der Waals surface area contributed by atoms with E-state index in [1.165, 1.54) is 24.3 Å². The fourth-order valence-corrected chi connectivity index (χ4v) is 3.62. The predicted molar refractivity (Wildman–Crippen MR) is 130 cm³/mol. The molecule has 0 saturated heterocycles. The van der Waals surface area contributed by atoms with Crippen LogP contribution in [0.4, 0.5) is 17.1 Å². The zero-order chi connectivity index (χ0) is 24.4. The first-order chi connectivity index (χ1) is 16.2. The van der Waals surface area contributed by atoms with Crippen molar-refractivity contribution in [3.8, 4) is 5.75 Å². The highest BCUT2D eigenvalue weighted by molar-refractivity contribution is 6.46. The number of carbonyl (C=O) groups excluding carboxylic acids is 2.